The highest BCUT2D eigenvalue weighted by atomic mass is 79.9. The Morgan fingerprint density at radius 2 is 2.21 bits per heavy atom. The number of hydrogen-bond acceptors (Lipinski definition) is 1. The largest absolute Gasteiger partial charge is 0.343 e. The molecule has 14 heavy (non-hydrogen) atoms. The van der Waals surface area contributed by atoms with Gasteiger partial charge in [-0.25, -0.2) is 0 Å². The molecule has 1 aromatic heterocycles. The molecule has 1 aromatic carbocycles. The van der Waals surface area contributed by atoms with Gasteiger partial charge in [-0.3, -0.25) is 0 Å². The van der Waals surface area contributed by atoms with E-state index in [2.05, 4.69) is 57.9 Å². The molecule has 0 aliphatic rings. The molecule has 1 unspecified atom stereocenters. The zero-order valence-electron chi connectivity index (χ0n) is 8.07. The molecule has 0 aliphatic carbocycles. The van der Waals surface area contributed by atoms with Crippen LogP contribution in [0.2, 0.25) is 0 Å². The molecule has 2 rings (SSSR count). The maximum absolute atomic E-state index is 5.65. The maximum atomic E-state index is 5.65. The summed E-state index contributed by atoms with van der Waals surface area (Å²) in [6.45, 7) is 2.79. The summed E-state index contributed by atoms with van der Waals surface area (Å²) < 4.78 is 3.32. The number of halogens is 1. The van der Waals surface area contributed by atoms with Crippen molar-refractivity contribution in [3.05, 3.63) is 34.9 Å². The van der Waals surface area contributed by atoms with Crippen molar-refractivity contribution in [1.82, 2.24) is 4.57 Å². The minimum atomic E-state index is 0.355. The molecule has 0 amide bonds. The monoisotopic (exact) mass is 252 g/mol. The average Bonchev–Trinajstić information content (AvgIpc) is 2.59. The second-order valence-electron chi connectivity index (χ2n) is 3.51. The smallest absolute Gasteiger partial charge is 0.0484 e. The summed E-state index contributed by atoms with van der Waals surface area (Å²) >= 11 is 3.46. The molecule has 74 valence electrons. The Kier molecular flexibility index (Phi) is 2.61. The van der Waals surface area contributed by atoms with E-state index in [9.17, 15) is 0 Å². The number of nitrogens with zero attached hydrogens (tertiary/aromatic N) is 1. The van der Waals surface area contributed by atoms with Gasteiger partial charge in [0.25, 0.3) is 0 Å². The Morgan fingerprint density at radius 1 is 1.43 bits per heavy atom. The lowest BCUT2D eigenvalue weighted by molar-refractivity contribution is 0.577. The van der Waals surface area contributed by atoms with Crippen LogP contribution in [0.25, 0.3) is 10.9 Å². The van der Waals surface area contributed by atoms with Crippen molar-refractivity contribution in [1.29, 1.82) is 0 Å². The van der Waals surface area contributed by atoms with E-state index in [0.717, 1.165) is 4.47 Å². The first-order chi connectivity index (χ1) is 6.72. The minimum Gasteiger partial charge on any atom is -0.343 e. The quantitative estimate of drug-likeness (QED) is 0.876. The van der Waals surface area contributed by atoms with Gasteiger partial charge in [0.15, 0.2) is 0 Å². The lowest BCUT2D eigenvalue weighted by atomic mass is 10.2. The zero-order chi connectivity index (χ0) is 10.1. The molecule has 2 nitrogen and oxygen atoms in total. The van der Waals surface area contributed by atoms with Crippen molar-refractivity contribution in [2.75, 3.05) is 6.54 Å². The third-order valence-corrected chi connectivity index (χ3v) is 2.99. The van der Waals surface area contributed by atoms with E-state index in [0.29, 0.717) is 12.6 Å². The average molecular weight is 253 g/mol. The molecular formula is C11H13BrN2. The number of aromatic nitrogens is 1. The molecule has 0 fully saturated rings. The topological polar surface area (TPSA) is 30.9 Å². The molecule has 1 heterocycles. The van der Waals surface area contributed by atoms with Crippen molar-refractivity contribution in [3.63, 3.8) is 0 Å². The standard InChI is InChI=1S/C11H13BrN2/c1-8(7-13)14-5-4-9-6-10(12)2-3-11(9)14/h2-6,8H,7,13H2,1H3. The first-order valence-corrected chi connectivity index (χ1v) is 5.48. The third-order valence-electron chi connectivity index (χ3n) is 2.50. The number of nitrogens with two attached hydrogens (primary N) is 1. The van der Waals surface area contributed by atoms with Crippen molar-refractivity contribution in [2.24, 2.45) is 5.73 Å². The van der Waals surface area contributed by atoms with Crippen molar-refractivity contribution < 1.29 is 0 Å². The van der Waals surface area contributed by atoms with E-state index >= 15 is 0 Å². The second kappa shape index (κ2) is 3.75. The molecule has 0 bridgehead atoms. The molecule has 0 spiro atoms. The van der Waals surface area contributed by atoms with Gasteiger partial charge in [0, 0.05) is 34.2 Å². The number of hydrogen-bond donors (Lipinski definition) is 1. The van der Waals surface area contributed by atoms with Crippen LogP contribution >= 0.6 is 15.9 Å². The van der Waals surface area contributed by atoms with Crippen LogP contribution in [-0.4, -0.2) is 11.1 Å². The summed E-state index contributed by atoms with van der Waals surface area (Å²) in [6.07, 6.45) is 2.09. The van der Waals surface area contributed by atoms with Gasteiger partial charge in [-0.05, 0) is 31.2 Å². The van der Waals surface area contributed by atoms with Crippen molar-refractivity contribution >= 4 is 26.8 Å². The van der Waals surface area contributed by atoms with Crippen molar-refractivity contribution in [2.45, 2.75) is 13.0 Å². The molecule has 0 aliphatic heterocycles. The summed E-state index contributed by atoms with van der Waals surface area (Å²) in [4.78, 5) is 0. The summed E-state index contributed by atoms with van der Waals surface area (Å²) in [5.74, 6) is 0. The van der Waals surface area contributed by atoms with E-state index in [1.165, 1.54) is 10.9 Å². The molecule has 0 radical (unpaired) electrons. The molecular weight excluding hydrogens is 240 g/mol. The second-order valence-corrected chi connectivity index (χ2v) is 4.43. The van der Waals surface area contributed by atoms with Gasteiger partial charge in [-0.1, -0.05) is 15.9 Å². The number of fused-ring (bicyclic) bond motifs is 1. The highest BCUT2D eigenvalue weighted by Gasteiger charge is 2.05. The van der Waals surface area contributed by atoms with Gasteiger partial charge in [0.2, 0.25) is 0 Å². The Morgan fingerprint density at radius 3 is 2.93 bits per heavy atom. The van der Waals surface area contributed by atoms with Gasteiger partial charge < -0.3 is 10.3 Å². The van der Waals surface area contributed by atoms with E-state index in [-0.39, 0.29) is 0 Å². The van der Waals surface area contributed by atoms with Crippen LogP contribution in [0.15, 0.2) is 34.9 Å². The molecule has 1 atom stereocenters. The highest BCUT2D eigenvalue weighted by Crippen LogP contribution is 2.23. The number of benzene rings is 1. The summed E-state index contributed by atoms with van der Waals surface area (Å²) in [5.41, 5.74) is 6.90. The van der Waals surface area contributed by atoms with E-state index in [1.54, 1.807) is 0 Å². The molecule has 0 saturated carbocycles. The van der Waals surface area contributed by atoms with Gasteiger partial charge in [0.1, 0.15) is 0 Å². The Labute approximate surface area is 91.8 Å². The van der Waals surface area contributed by atoms with Gasteiger partial charge in [-0.15, -0.1) is 0 Å². The predicted octanol–water partition coefficient (Wildman–Crippen LogP) is 2.92. The molecule has 0 saturated heterocycles. The first kappa shape index (κ1) is 9.74. The highest BCUT2D eigenvalue weighted by molar-refractivity contribution is 9.10. The van der Waals surface area contributed by atoms with Gasteiger partial charge in [-0.2, -0.15) is 0 Å². The van der Waals surface area contributed by atoms with Gasteiger partial charge >= 0.3 is 0 Å². The van der Waals surface area contributed by atoms with Crippen LogP contribution < -0.4 is 5.73 Å². The van der Waals surface area contributed by atoms with E-state index < -0.39 is 0 Å². The van der Waals surface area contributed by atoms with E-state index in [4.69, 9.17) is 5.73 Å². The Bertz CT molecular complexity index is 447. The fraction of sp³-hybridized carbons (Fsp3) is 0.273. The first-order valence-electron chi connectivity index (χ1n) is 4.68. The van der Waals surface area contributed by atoms with E-state index in [1.807, 2.05) is 0 Å². The van der Waals surface area contributed by atoms with Crippen LogP contribution in [0.5, 0.6) is 0 Å². The number of rotatable bonds is 2. The van der Waals surface area contributed by atoms with Crippen LogP contribution in [0, 0.1) is 0 Å². The Balaban J connectivity index is 2.58. The Hall–Kier alpha value is -0.800. The maximum Gasteiger partial charge on any atom is 0.0484 e. The fourth-order valence-electron chi connectivity index (χ4n) is 1.63. The van der Waals surface area contributed by atoms with Crippen LogP contribution in [0.3, 0.4) is 0 Å². The SMILES string of the molecule is CC(CN)n1ccc2cc(Br)ccc21. The minimum absolute atomic E-state index is 0.355. The molecule has 2 aromatic rings. The summed E-state index contributed by atoms with van der Waals surface area (Å²) in [5, 5.41) is 1.25. The van der Waals surface area contributed by atoms with Crippen LogP contribution in [0.4, 0.5) is 0 Å². The molecule has 2 N–H and O–H groups in total. The zero-order valence-corrected chi connectivity index (χ0v) is 9.66. The van der Waals surface area contributed by atoms with Gasteiger partial charge in [0.05, 0.1) is 0 Å². The van der Waals surface area contributed by atoms with Crippen LogP contribution in [0.1, 0.15) is 13.0 Å². The summed E-state index contributed by atoms with van der Waals surface area (Å²) in [6, 6.07) is 8.77. The lowest BCUT2D eigenvalue weighted by Crippen LogP contribution is -2.14. The normalized spacial score (nSPS) is 13.4. The molecule has 3 heteroatoms. The predicted molar refractivity (Wildman–Crippen MR) is 63.4 cm³/mol. The van der Waals surface area contributed by atoms with Crippen molar-refractivity contribution in [3.8, 4) is 0 Å². The lowest BCUT2D eigenvalue weighted by Gasteiger charge is -2.12. The summed E-state index contributed by atoms with van der Waals surface area (Å²) in [7, 11) is 0. The third kappa shape index (κ3) is 1.57. The van der Waals surface area contributed by atoms with Crippen LogP contribution in [-0.2, 0) is 0 Å². The fourth-order valence-corrected chi connectivity index (χ4v) is 2.01.